The first-order valence-electron chi connectivity index (χ1n) is 6.00. The highest BCUT2D eigenvalue weighted by molar-refractivity contribution is 5.87. The fraction of sp³-hybridized carbons (Fsp3) is 0.727. The average Bonchev–Trinajstić information content (AvgIpc) is 2.35. The van der Waals surface area contributed by atoms with Crippen molar-refractivity contribution >= 4 is 17.8 Å². The highest BCUT2D eigenvalue weighted by atomic mass is 19.4. The lowest BCUT2D eigenvalue weighted by Gasteiger charge is -2.20. The largest absolute Gasteiger partial charge is 0.471 e. The van der Waals surface area contributed by atoms with Crippen molar-refractivity contribution in [2.24, 2.45) is 0 Å². The number of ether oxygens (including phenoxy) is 1. The van der Waals surface area contributed by atoms with Gasteiger partial charge in [-0.05, 0) is 13.8 Å². The van der Waals surface area contributed by atoms with E-state index in [-0.39, 0.29) is 26.1 Å². The van der Waals surface area contributed by atoms with Gasteiger partial charge >= 0.3 is 18.1 Å². The fourth-order valence-corrected chi connectivity index (χ4v) is 1.29. The molecule has 0 aromatic rings. The van der Waals surface area contributed by atoms with E-state index in [9.17, 15) is 27.6 Å². The average molecular weight is 298 g/mol. The van der Waals surface area contributed by atoms with Gasteiger partial charge in [-0.25, -0.2) is 0 Å². The Kier molecular flexibility index (Phi) is 7.63. The van der Waals surface area contributed by atoms with Crippen molar-refractivity contribution in [3.8, 4) is 0 Å². The molecule has 0 bridgehead atoms. The molecule has 0 atom stereocenters. The number of amides is 2. The molecule has 0 saturated heterocycles. The maximum absolute atomic E-state index is 11.9. The van der Waals surface area contributed by atoms with Crippen LogP contribution in [0.2, 0.25) is 0 Å². The number of alkyl halides is 3. The first-order chi connectivity index (χ1) is 9.22. The molecule has 1 N–H and O–H groups in total. The van der Waals surface area contributed by atoms with Gasteiger partial charge in [0.15, 0.2) is 0 Å². The molecule has 0 aliphatic carbocycles. The summed E-state index contributed by atoms with van der Waals surface area (Å²) in [6.07, 6.45) is -5.08. The summed E-state index contributed by atoms with van der Waals surface area (Å²) in [5.41, 5.74) is 0. The van der Waals surface area contributed by atoms with Gasteiger partial charge in [0, 0.05) is 13.1 Å². The Morgan fingerprint density at radius 3 is 2.25 bits per heavy atom. The van der Waals surface area contributed by atoms with E-state index in [1.807, 2.05) is 0 Å². The number of carbonyl (C=O) groups is 3. The summed E-state index contributed by atoms with van der Waals surface area (Å²) in [6, 6.07) is 0. The zero-order chi connectivity index (χ0) is 15.8. The zero-order valence-corrected chi connectivity index (χ0v) is 11.2. The van der Waals surface area contributed by atoms with E-state index in [1.54, 1.807) is 13.8 Å². The number of hydrogen-bond acceptors (Lipinski definition) is 4. The maximum Gasteiger partial charge on any atom is 0.471 e. The van der Waals surface area contributed by atoms with E-state index in [0.29, 0.717) is 0 Å². The minimum Gasteiger partial charge on any atom is -0.466 e. The highest BCUT2D eigenvalue weighted by Gasteiger charge is 2.38. The molecule has 0 saturated carbocycles. The van der Waals surface area contributed by atoms with Gasteiger partial charge in [-0.1, -0.05) is 0 Å². The van der Waals surface area contributed by atoms with Crippen molar-refractivity contribution in [3.05, 3.63) is 0 Å². The minimum atomic E-state index is -5.03. The van der Waals surface area contributed by atoms with E-state index in [4.69, 9.17) is 0 Å². The number of hydrogen-bond donors (Lipinski definition) is 1. The predicted octanol–water partition coefficient (Wildman–Crippen LogP) is 0.467. The van der Waals surface area contributed by atoms with Crippen LogP contribution < -0.4 is 5.32 Å². The van der Waals surface area contributed by atoms with Crippen molar-refractivity contribution in [2.45, 2.75) is 26.4 Å². The molecule has 116 valence electrons. The Morgan fingerprint density at radius 2 is 1.80 bits per heavy atom. The second-order valence-corrected chi connectivity index (χ2v) is 3.71. The molecule has 0 aromatic carbocycles. The number of rotatable bonds is 7. The van der Waals surface area contributed by atoms with Gasteiger partial charge < -0.3 is 15.0 Å². The van der Waals surface area contributed by atoms with Crippen LogP contribution in [0.15, 0.2) is 0 Å². The van der Waals surface area contributed by atoms with E-state index in [2.05, 4.69) is 4.74 Å². The first kappa shape index (κ1) is 18.2. The Hall–Kier alpha value is -1.80. The third kappa shape index (κ3) is 6.95. The predicted molar refractivity (Wildman–Crippen MR) is 62.6 cm³/mol. The van der Waals surface area contributed by atoms with Gasteiger partial charge in [-0.2, -0.15) is 13.2 Å². The van der Waals surface area contributed by atoms with E-state index >= 15 is 0 Å². The third-order valence-corrected chi connectivity index (χ3v) is 2.28. The molecule has 0 fully saturated rings. The van der Waals surface area contributed by atoms with Gasteiger partial charge in [0.1, 0.15) is 0 Å². The summed E-state index contributed by atoms with van der Waals surface area (Å²) >= 11 is 0. The van der Waals surface area contributed by atoms with Crippen LogP contribution in [-0.2, 0) is 19.1 Å². The summed E-state index contributed by atoms with van der Waals surface area (Å²) in [4.78, 5) is 34.4. The molecule has 0 radical (unpaired) electrons. The first-order valence-corrected chi connectivity index (χ1v) is 6.00. The van der Waals surface area contributed by atoms with Crippen LogP contribution in [0.3, 0.4) is 0 Å². The van der Waals surface area contributed by atoms with Gasteiger partial charge in [0.25, 0.3) is 0 Å². The van der Waals surface area contributed by atoms with Crippen LogP contribution >= 0.6 is 0 Å². The van der Waals surface area contributed by atoms with Gasteiger partial charge in [0.05, 0.1) is 19.6 Å². The molecule has 9 heteroatoms. The van der Waals surface area contributed by atoms with E-state index in [0.717, 1.165) is 4.90 Å². The molecule has 2 amide bonds. The second-order valence-electron chi connectivity index (χ2n) is 3.71. The van der Waals surface area contributed by atoms with Crippen LogP contribution in [0, 0.1) is 0 Å². The quantitative estimate of drug-likeness (QED) is 0.693. The van der Waals surface area contributed by atoms with Gasteiger partial charge in [-0.15, -0.1) is 0 Å². The van der Waals surface area contributed by atoms with Crippen LogP contribution in [0.5, 0.6) is 0 Å². The minimum absolute atomic E-state index is 0.0239. The summed E-state index contributed by atoms with van der Waals surface area (Å²) in [5.74, 6) is -3.38. The van der Waals surface area contributed by atoms with Crippen LogP contribution in [0.4, 0.5) is 13.2 Å². The van der Waals surface area contributed by atoms with Gasteiger partial charge in [-0.3, -0.25) is 14.4 Å². The van der Waals surface area contributed by atoms with E-state index in [1.165, 1.54) is 5.32 Å². The Labute approximate surface area is 114 Å². The number of halogens is 3. The fourth-order valence-electron chi connectivity index (χ4n) is 1.29. The van der Waals surface area contributed by atoms with Crippen LogP contribution in [-0.4, -0.2) is 55.1 Å². The second kappa shape index (κ2) is 8.39. The van der Waals surface area contributed by atoms with E-state index < -0.39 is 30.5 Å². The molecule has 0 rings (SSSR count). The molecule has 0 spiro atoms. The van der Waals surface area contributed by atoms with Crippen molar-refractivity contribution in [2.75, 3.05) is 26.2 Å². The lowest BCUT2D eigenvalue weighted by molar-refractivity contribution is -0.174. The SMILES string of the molecule is CCOC(=O)CCN(CC)C(=O)CNC(=O)C(F)(F)F. The number of likely N-dealkylation sites (N-methyl/N-ethyl adjacent to an activating group) is 1. The van der Waals surface area contributed by atoms with Crippen molar-refractivity contribution in [1.29, 1.82) is 0 Å². The topological polar surface area (TPSA) is 75.7 Å². The van der Waals surface area contributed by atoms with Crippen molar-refractivity contribution < 1.29 is 32.3 Å². The zero-order valence-electron chi connectivity index (χ0n) is 11.2. The number of nitrogens with zero attached hydrogens (tertiary/aromatic N) is 1. The smallest absolute Gasteiger partial charge is 0.466 e. The summed E-state index contributed by atoms with van der Waals surface area (Å²) in [5, 5.41) is 1.48. The monoisotopic (exact) mass is 298 g/mol. The summed E-state index contributed by atoms with van der Waals surface area (Å²) < 4.78 is 40.4. The molecule has 0 unspecified atom stereocenters. The lowest BCUT2D eigenvalue weighted by atomic mass is 10.3. The molecule has 0 aliphatic heterocycles. The standard InChI is InChI=1S/C11H17F3N2O4/c1-3-16(6-5-9(18)20-4-2)8(17)7-15-10(19)11(12,13)14/h3-7H2,1-2H3,(H,15,19). The van der Waals surface area contributed by atoms with Gasteiger partial charge in [0.2, 0.25) is 5.91 Å². The Morgan fingerprint density at radius 1 is 1.20 bits per heavy atom. The van der Waals surface area contributed by atoms with Crippen LogP contribution in [0.1, 0.15) is 20.3 Å². The maximum atomic E-state index is 11.9. The van der Waals surface area contributed by atoms with Crippen LogP contribution in [0.25, 0.3) is 0 Å². The normalized spacial score (nSPS) is 10.8. The lowest BCUT2D eigenvalue weighted by Crippen LogP contribution is -2.44. The van der Waals surface area contributed by atoms with Crippen molar-refractivity contribution in [1.82, 2.24) is 10.2 Å². The summed E-state index contributed by atoms with van der Waals surface area (Å²) in [7, 11) is 0. The Bertz CT molecular complexity index is 358. The molecule has 6 nitrogen and oxygen atoms in total. The molecule has 20 heavy (non-hydrogen) atoms. The molecule has 0 heterocycles. The number of nitrogens with one attached hydrogen (secondary N) is 1. The Balaban J connectivity index is 4.21. The molecular formula is C11H17F3N2O4. The van der Waals surface area contributed by atoms with Crippen molar-refractivity contribution in [3.63, 3.8) is 0 Å². The molecule has 0 aliphatic rings. The number of carbonyl (C=O) groups excluding carboxylic acids is 3. The summed E-state index contributed by atoms with van der Waals surface area (Å²) in [6.45, 7) is 2.91. The third-order valence-electron chi connectivity index (χ3n) is 2.28. The number of esters is 1. The molecular weight excluding hydrogens is 281 g/mol. The molecule has 0 aromatic heterocycles. The highest BCUT2D eigenvalue weighted by Crippen LogP contribution is 2.13.